The Morgan fingerprint density at radius 3 is 2.90 bits per heavy atom. The molecule has 1 saturated heterocycles. The molecule has 2 amide bonds. The SMILES string of the molecule is CC(=O)Nc1cccc(C(C)NC(=O)C2CSCN2)c1. The van der Waals surface area contributed by atoms with Gasteiger partial charge in [-0.25, -0.2) is 0 Å². The van der Waals surface area contributed by atoms with Gasteiger partial charge in [-0.1, -0.05) is 12.1 Å². The third-order valence-corrected chi connectivity index (χ3v) is 4.04. The van der Waals surface area contributed by atoms with Crippen molar-refractivity contribution in [3.63, 3.8) is 0 Å². The highest BCUT2D eigenvalue weighted by Crippen LogP contribution is 2.18. The Balaban J connectivity index is 1.99. The molecule has 1 fully saturated rings. The van der Waals surface area contributed by atoms with Gasteiger partial charge in [0.1, 0.15) is 0 Å². The van der Waals surface area contributed by atoms with Crippen molar-refractivity contribution in [1.82, 2.24) is 10.6 Å². The van der Waals surface area contributed by atoms with Gasteiger partial charge in [-0.2, -0.15) is 0 Å². The van der Waals surface area contributed by atoms with Crippen molar-refractivity contribution in [3.05, 3.63) is 29.8 Å². The Kier molecular flexibility index (Phi) is 5.03. The zero-order chi connectivity index (χ0) is 14.5. The van der Waals surface area contributed by atoms with E-state index < -0.39 is 0 Å². The Bertz CT molecular complexity index is 501. The maximum atomic E-state index is 12.0. The number of anilines is 1. The summed E-state index contributed by atoms with van der Waals surface area (Å²) >= 11 is 1.72. The number of hydrogen-bond donors (Lipinski definition) is 3. The van der Waals surface area contributed by atoms with Crippen molar-refractivity contribution in [3.8, 4) is 0 Å². The first-order valence-corrected chi connectivity index (χ1v) is 7.71. The first-order chi connectivity index (χ1) is 9.56. The van der Waals surface area contributed by atoms with Crippen LogP contribution in [0.2, 0.25) is 0 Å². The van der Waals surface area contributed by atoms with E-state index in [2.05, 4.69) is 16.0 Å². The Morgan fingerprint density at radius 1 is 1.45 bits per heavy atom. The van der Waals surface area contributed by atoms with Gasteiger partial charge in [0.15, 0.2) is 0 Å². The number of benzene rings is 1. The van der Waals surface area contributed by atoms with Crippen LogP contribution in [-0.2, 0) is 9.59 Å². The number of carbonyl (C=O) groups is 2. The average Bonchev–Trinajstić information content (AvgIpc) is 2.92. The fraction of sp³-hybridized carbons (Fsp3) is 0.429. The van der Waals surface area contributed by atoms with E-state index in [1.807, 2.05) is 31.2 Å². The van der Waals surface area contributed by atoms with Crippen LogP contribution >= 0.6 is 11.8 Å². The van der Waals surface area contributed by atoms with Crippen LogP contribution in [0, 0.1) is 0 Å². The summed E-state index contributed by atoms with van der Waals surface area (Å²) in [5.41, 5.74) is 1.71. The third kappa shape index (κ3) is 3.98. The third-order valence-electron chi connectivity index (χ3n) is 3.10. The molecule has 6 heteroatoms. The van der Waals surface area contributed by atoms with Crippen molar-refractivity contribution < 1.29 is 9.59 Å². The second-order valence-electron chi connectivity index (χ2n) is 4.81. The van der Waals surface area contributed by atoms with Crippen molar-refractivity contribution in [2.75, 3.05) is 16.9 Å². The summed E-state index contributed by atoms with van der Waals surface area (Å²) in [6.07, 6.45) is 0. The Morgan fingerprint density at radius 2 is 2.25 bits per heavy atom. The smallest absolute Gasteiger partial charge is 0.238 e. The summed E-state index contributed by atoms with van der Waals surface area (Å²) in [6, 6.07) is 7.31. The molecule has 0 bridgehead atoms. The Hall–Kier alpha value is -1.53. The molecule has 1 aromatic carbocycles. The molecule has 1 aliphatic rings. The summed E-state index contributed by atoms with van der Waals surface area (Å²) in [5.74, 6) is 1.55. The lowest BCUT2D eigenvalue weighted by molar-refractivity contribution is -0.123. The molecule has 0 aromatic heterocycles. The predicted molar refractivity (Wildman–Crippen MR) is 81.6 cm³/mol. The van der Waals surface area contributed by atoms with E-state index in [-0.39, 0.29) is 23.9 Å². The molecule has 1 aliphatic heterocycles. The van der Waals surface area contributed by atoms with Crippen LogP contribution in [0.1, 0.15) is 25.5 Å². The minimum Gasteiger partial charge on any atom is -0.348 e. The van der Waals surface area contributed by atoms with Crippen LogP contribution in [0.25, 0.3) is 0 Å². The lowest BCUT2D eigenvalue weighted by Crippen LogP contribution is -2.42. The van der Waals surface area contributed by atoms with E-state index in [1.54, 1.807) is 11.8 Å². The second-order valence-corrected chi connectivity index (χ2v) is 5.84. The highest BCUT2D eigenvalue weighted by molar-refractivity contribution is 7.99. The van der Waals surface area contributed by atoms with Gasteiger partial charge in [0.2, 0.25) is 11.8 Å². The zero-order valence-corrected chi connectivity index (χ0v) is 12.4. The van der Waals surface area contributed by atoms with E-state index >= 15 is 0 Å². The molecule has 0 saturated carbocycles. The van der Waals surface area contributed by atoms with Gasteiger partial charge in [-0.3, -0.25) is 14.9 Å². The van der Waals surface area contributed by atoms with Crippen molar-refractivity contribution in [1.29, 1.82) is 0 Å². The van der Waals surface area contributed by atoms with Crippen molar-refractivity contribution in [2.24, 2.45) is 0 Å². The van der Waals surface area contributed by atoms with Crippen LogP contribution in [0.3, 0.4) is 0 Å². The van der Waals surface area contributed by atoms with E-state index in [1.165, 1.54) is 6.92 Å². The molecule has 0 radical (unpaired) electrons. The molecule has 1 heterocycles. The zero-order valence-electron chi connectivity index (χ0n) is 11.6. The van der Waals surface area contributed by atoms with Crippen LogP contribution in [0.5, 0.6) is 0 Å². The first-order valence-electron chi connectivity index (χ1n) is 6.55. The monoisotopic (exact) mass is 293 g/mol. The molecule has 5 nitrogen and oxygen atoms in total. The molecule has 0 spiro atoms. The van der Waals surface area contributed by atoms with Crippen LogP contribution in [-0.4, -0.2) is 29.5 Å². The summed E-state index contributed by atoms with van der Waals surface area (Å²) in [7, 11) is 0. The molecule has 1 aromatic rings. The summed E-state index contributed by atoms with van der Waals surface area (Å²) in [6.45, 7) is 3.41. The van der Waals surface area contributed by atoms with E-state index in [0.717, 1.165) is 22.9 Å². The van der Waals surface area contributed by atoms with Gasteiger partial charge in [-0.15, -0.1) is 11.8 Å². The largest absolute Gasteiger partial charge is 0.348 e. The maximum Gasteiger partial charge on any atom is 0.238 e. The minimum atomic E-state index is -0.110. The van der Waals surface area contributed by atoms with Crippen molar-refractivity contribution in [2.45, 2.75) is 25.9 Å². The van der Waals surface area contributed by atoms with E-state index in [9.17, 15) is 9.59 Å². The van der Waals surface area contributed by atoms with E-state index in [4.69, 9.17) is 0 Å². The molecule has 2 rings (SSSR count). The van der Waals surface area contributed by atoms with Gasteiger partial charge < -0.3 is 10.6 Å². The van der Waals surface area contributed by atoms with Gasteiger partial charge in [0, 0.05) is 24.2 Å². The average molecular weight is 293 g/mol. The lowest BCUT2D eigenvalue weighted by atomic mass is 10.1. The number of amides is 2. The van der Waals surface area contributed by atoms with Crippen molar-refractivity contribution >= 4 is 29.3 Å². The molecule has 20 heavy (non-hydrogen) atoms. The van der Waals surface area contributed by atoms with Crippen LogP contribution < -0.4 is 16.0 Å². The molecule has 0 aliphatic carbocycles. The topological polar surface area (TPSA) is 70.2 Å². The van der Waals surface area contributed by atoms with Gasteiger partial charge in [-0.05, 0) is 24.6 Å². The van der Waals surface area contributed by atoms with Crippen LogP contribution in [0.15, 0.2) is 24.3 Å². The summed E-state index contributed by atoms with van der Waals surface area (Å²) < 4.78 is 0. The van der Waals surface area contributed by atoms with Gasteiger partial charge >= 0.3 is 0 Å². The molecule has 2 unspecified atom stereocenters. The standard InChI is InChI=1S/C14H19N3O2S/c1-9(16-14(19)13-7-20-8-15-13)11-4-3-5-12(6-11)17-10(2)18/h3-6,9,13,15H,7-8H2,1-2H3,(H,16,19)(H,17,18). The molecule has 2 atom stereocenters. The molecular weight excluding hydrogens is 274 g/mol. The maximum absolute atomic E-state index is 12.0. The summed E-state index contributed by atoms with van der Waals surface area (Å²) in [4.78, 5) is 23.1. The normalized spacial score (nSPS) is 19.4. The Labute approximate surface area is 122 Å². The predicted octanol–water partition coefficient (Wildman–Crippen LogP) is 1.48. The number of hydrogen-bond acceptors (Lipinski definition) is 4. The highest BCUT2D eigenvalue weighted by atomic mass is 32.2. The fourth-order valence-corrected chi connectivity index (χ4v) is 2.99. The van der Waals surface area contributed by atoms with E-state index in [0.29, 0.717) is 0 Å². The van der Waals surface area contributed by atoms with Crippen LogP contribution in [0.4, 0.5) is 5.69 Å². The number of rotatable bonds is 4. The fourth-order valence-electron chi connectivity index (χ4n) is 2.05. The summed E-state index contributed by atoms with van der Waals surface area (Å²) in [5, 5.41) is 8.88. The molecular formula is C14H19N3O2S. The lowest BCUT2D eigenvalue weighted by Gasteiger charge is -2.18. The molecule has 3 N–H and O–H groups in total. The van der Waals surface area contributed by atoms with Gasteiger partial charge in [0.25, 0.3) is 0 Å². The highest BCUT2D eigenvalue weighted by Gasteiger charge is 2.23. The quantitative estimate of drug-likeness (QED) is 0.786. The number of thioether (sulfide) groups is 1. The molecule has 108 valence electrons. The van der Waals surface area contributed by atoms with Gasteiger partial charge in [0.05, 0.1) is 12.1 Å². The minimum absolute atomic E-state index is 0.0208. The second kappa shape index (κ2) is 6.76. The number of carbonyl (C=O) groups excluding carboxylic acids is 2. The first kappa shape index (κ1) is 14.9. The number of nitrogens with one attached hydrogen (secondary N) is 3.